The molecule has 0 unspecified atom stereocenters. The normalized spacial score (nSPS) is 45.0. The Kier molecular flexibility index (Phi) is 2.09. The number of hydrogen-bond donors (Lipinski definition) is 2. The second kappa shape index (κ2) is 2.67. The molecule has 1 rings (SSSR count). The van der Waals surface area contributed by atoms with Crippen molar-refractivity contribution in [2.24, 2.45) is 17.4 Å². The molecule has 4 N–H and O–H groups in total. The summed E-state index contributed by atoms with van der Waals surface area (Å²) in [7, 11) is 0. The molecule has 0 saturated heterocycles. The largest absolute Gasteiger partial charge is 0.326 e. The van der Waals surface area contributed by atoms with Crippen molar-refractivity contribution in [2.45, 2.75) is 38.3 Å². The fourth-order valence-electron chi connectivity index (χ4n) is 1.45. The van der Waals surface area contributed by atoms with Crippen molar-refractivity contribution in [3.8, 4) is 0 Å². The van der Waals surface area contributed by atoms with Crippen molar-refractivity contribution in [3.63, 3.8) is 0 Å². The molecule has 9 heavy (non-hydrogen) atoms. The minimum atomic E-state index is 0.258. The molecule has 0 spiro atoms. The average molecular weight is 128 g/mol. The van der Waals surface area contributed by atoms with E-state index in [1.807, 2.05) is 0 Å². The molecule has 0 aromatic rings. The highest BCUT2D eigenvalue weighted by Gasteiger charge is 2.21. The summed E-state index contributed by atoms with van der Waals surface area (Å²) in [5.41, 5.74) is 11.5. The summed E-state index contributed by atoms with van der Waals surface area (Å²) in [6, 6.07) is 0.523. The van der Waals surface area contributed by atoms with Crippen molar-refractivity contribution in [2.75, 3.05) is 0 Å². The van der Waals surface area contributed by atoms with Crippen molar-refractivity contribution in [3.05, 3.63) is 0 Å². The smallest absolute Gasteiger partial charge is 0.0194 e. The van der Waals surface area contributed by atoms with Crippen LogP contribution in [0.5, 0.6) is 0 Å². The van der Waals surface area contributed by atoms with Gasteiger partial charge in [0.1, 0.15) is 0 Å². The van der Waals surface area contributed by atoms with Crippen molar-refractivity contribution < 1.29 is 0 Å². The van der Waals surface area contributed by atoms with Crippen LogP contribution in [0.3, 0.4) is 0 Å². The molecule has 0 heterocycles. The van der Waals surface area contributed by atoms with Gasteiger partial charge >= 0.3 is 0 Å². The van der Waals surface area contributed by atoms with Crippen LogP contribution >= 0.6 is 0 Å². The first-order chi connectivity index (χ1) is 4.20. The highest BCUT2D eigenvalue weighted by molar-refractivity contribution is 4.83. The molecule has 0 aliphatic heterocycles. The van der Waals surface area contributed by atoms with Crippen molar-refractivity contribution in [1.29, 1.82) is 0 Å². The maximum Gasteiger partial charge on any atom is 0.0194 e. The second-order valence-corrected chi connectivity index (χ2v) is 3.25. The summed E-state index contributed by atoms with van der Waals surface area (Å²) >= 11 is 0. The lowest BCUT2D eigenvalue weighted by Crippen LogP contribution is -2.45. The van der Waals surface area contributed by atoms with Crippen LogP contribution in [0, 0.1) is 5.92 Å². The Hall–Kier alpha value is -0.0800. The summed E-state index contributed by atoms with van der Waals surface area (Å²) in [4.78, 5) is 0. The SMILES string of the molecule is C[C@H]1CC[C@@H](N)[C@H](N)C1. The highest BCUT2D eigenvalue weighted by Crippen LogP contribution is 2.21. The Morgan fingerprint density at radius 1 is 1.11 bits per heavy atom. The molecule has 0 aromatic carbocycles. The van der Waals surface area contributed by atoms with E-state index in [0.717, 1.165) is 18.8 Å². The van der Waals surface area contributed by atoms with Crippen LogP contribution < -0.4 is 11.5 Å². The van der Waals surface area contributed by atoms with Crippen molar-refractivity contribution in [1.82, 2.24) is 0 Å². The van der Waals surface area contributed by atoms with E-state index in [1.54, 1.807) is 0 Å². The topological polar surface area (TPSA) is 52.0 Å². The van der Waals surface area contributed by atoms with Crippen molar-refractivity contribution >= 4 is 0 Å². The lowest BCUT2D eigenvalue weighted by Gasteiger charge is -2.29. The summed E-state index contributed by atoms with van der Waals surface area (Å²) in [5, 5.41) is 0. The molecule has 54 valence electrons. The van der Waals surface area contributed by atoms with Gasteiger partial charge in [0.25, 0.3) is 0 Å². The van der Waals surface area contributed by atoms with Crippen LogP contribution in [-0.2, 0) is 0 Å². The molecular formula is C7H16N2. The molecule has 1 fully saturated rings. The van der Waals surface area contributed by atoms with E-state index in [4.69, 9.17) is 11.5 Å². The zero-order valence-corrected chi connectivity index (χ0v) is 6.01. The van der Waals surface area contributed by atoms with Crippen LogP contribution in [0.1, 0.15) is 26.2 Å². The third kappa shape index (κ3) is 1.66. The average Bonchev–Trinajstić information content (AvgIpc) is 1.80. The molecule has 0 radical (unpaired) electrons. The Balaban J connectivity index is 2.35. The minimum absolute atomic E-state index is 0.258. The van der Waals surface area contributed by atoms with Gasteiger partial charge in [-0.25, -0.2) is 0 Å². The third-order valence-electron chi connectivity index (χ3n) is 2.22. The lowest BCUT2D eigenvalue weighted by molar-refractivity contribution is 0.307. The molecule has 1 aliphatic carbocycles. The fourth-order valence-corrected chi connectivity index (χ4v) is 1.45. The van der Waals surface area contributed by atoms with E-state index in [1.165, 1.54) is 6.42 Å². The first-order valence-electron chi connectivity index (χ1n) is 3.71. The molecule has 1 saturated carbocycles. The van der Waals surface area contributed by atoms with Crippen LogP contribution in [-0.4, -0.2) is 12.1 Å². The summed E-state index contributed by atoms with van der Waals surface area (Å²) < 4.78 is 0. The van der Waals surface area contributed by atoms with E-state index in [9.17, 15) is 0 Å². The summed E-state index contributed by atoms with van der Waals surface area (Å²) in [6.45, 7) is 2.24. The zero-order valence-electron chi connectivity index (χ0n) is 6.01. The van der Waals surface area contributed by atoms with Crippen LogP contribution in [0.25, 0.3) is 0 Å². The van der Waals surface area contributed by atoms with E-state index in [2.05, 4.69) is 6.92 Å². The standard InChI is InChI=1S/C7H16N2/c1-5-2-3-6(8)7(9)4-5/h5-7H,2-4,8-9H2,1H3/t5-,6+,7+/m0/s1. The molecule has 2 nitrogen and oxygen atoms in total. The lowest BCUT2D eigenvalue weighted by atomic mass is 9.84. The van der Waals surface area contributed by atoms with Crippen LogP contribution in [0.4, 0.5) is 0 Å². The van der Waals surface area contributed by atoms with E-state index in [0.29, 0.717) is 0 Å². The second-order valence-electron chi connectivity index (χ2n) is 3.25. The quantitative estimate of drug-likeness (QED) is 0.498. The van der Waals surface area contributed by atoms with Gasteiger partial charge in [-0.1, -0.05) is 6.92 Å². The van der Waals surface area contributed by atoms with E-state index >= 15 is 0 Å². The van der Waals surface area contributed by atoms with Gasteiger partial charge in [-0.3, -0.25) is 0 Å². The molecule has 0 amide bonds. The van der Waals surface area contributed by atoms with Gasteiger partial charge in [0.2, 0.25) is 0 Å². The summed E-state index contributed by atoms with van der Waals surface area (Å²) in [5.74, 6) is 0.791. The first kappa shape index (κ1) is 7.03. The Morgan fingerprint density at radius 3 is 2.22 bits per heavy atom. The Bertz CT molecular complexity index is 92.9. The van der Waals surface area contributed by atoms with Gasteiger partial charge < -0.3 is 11.5 Å². The zero-order chi connectivity index (χ0) is 6.85. The number of nitrogens with two attached hydrogens (primary N) is 2. The third-order valence-corrected chi connectivity index (χ3v) is 2.22. The van der Waals surface area contributed by atoms with Crippen LogP contribution in [0.15, 0.2) is 0 Å². The van der Waals surface area contributed by atoms with E-state index < -0.39 is 0 Å². The molecule has 0 bridgehead atoms. The number of rotatable bonds is 0. The maximum absolute atomic E-state index is 5.74. The van der Waals surface area contributed by atoms with E-state index in [-0.39, 0.29) is 12.1 Å². The first-order valence-corrected chi connectivity index (χ1v) is 3.71. The molecular weight excluding hydrogens is 112 g/mol. The van der Waals surface area contributed by atoms with Gasteiger partial charge in [0, 0.05) is 12.1 Å². The Labute approximate surface area is 56.6 Å². The van der Waals surface area contributed by atoms with Gasteiger partial charge in [-0.15, -0.1) is 0 Å². The minimum Gasteiger partial charge on any atom is -0.326 e. The molecule has 2 heteroatoms. The molecule has 0 aromatic heterocycles. The van der Waals surface area contributed by atoms with Crippen LogP contribution in [0.2, 0.25) is 0 Å². The maximum atomic E-state index is 5.74. The Morgan fingerprint density at radius 2 is 1.78 bits per heavy atom. The highest BCUT2D eigenvalue weighted by atomic mass is 14.8. The number of hydrogen-bond acceptors (Lipinski definition) is 2. The van der Waals surface area contributed by atoms with Gasteiger partial charge in [0.05, 0.1) is 0 Å². The van der Waals surface area contributed by atoms with Gasteiger partial charge in [-0.2, -0.15) is 0 Å². The summed E-state index contributed by atoms with van der Waals surface area (Å²) in [6.07, 6.45) is 3.48. The fraction of sp³-hybridized carbons (Fsp3) is 1.00. The molecule has 1 aliphatic rings. The monoisotopic (exact) mass is 128 g/mol. The predicted molar refractivity (Wildman–Crippen MR) is 39.0 cm³/mol. The molecule has 3 atom stereocenters. The van der Waals surface area contributed by atoms with Gasteiger partial charge in [0.15, 0.2) is 0 Å². The predicted octanol–water partition coefficient (Wildman–Crippen LogP) is 0.461. The van der Waals surface area contributed by atoms with Gasteiger partial charge in [-0.05, 0) is 25.2 Å².